The van der Waals surface area contributed by atoms with Crippen LogP contribution in [0.1, 0.15) is 69.6 Å². The van der Waals surface area contributed by atoms with Gasteiger partial charge in [0.05, 0.1) is 25.5 Å². The van der Waals surface area contributed by atoms with Crippen LogP contribution in [0.2, 0.25) is 5.02 Å². The van der Waals surface area contributed by atoms with E-state index in [1.807, 2.05) is 32.0 Å². The number of rotatable bonds is 11. The highest BCUT2D eigenvalue weighted by Crippen LogP contribution is 2.43. The molecule has 4 rings (SSSR count). The Morgan fingerprint density at radius 2 is 1.96 bits per heavy atom. The fraction of sp³-hybridized carbons (Fsp3) is 0.556. The van der Waals surface area contributed by atoms with Crippen LogP contribution < -0.4 is 9.64 Å². The van der Waals surface area contributed by atoms with E-state index in [1.54, 1.807) is 31.2 Å². The molecule has 0 radical (unpaired) electrons. The second-order valence-corrected chi connectivity index (χ2v) is 13.2. The average molecular weight is 642 g/mol. The molecule has 246 valence electrons. The normalized spacial score (nSPS) is 21.0. The molecule has 9 heteroatoms. The van der Waals surface area contributed by atoms with E-state index in [-0.39, 0.29) is 36.3 Å². The smallest absolute Gasteiger partial charge is 0.343 e. The molecule has 1 aliphatic heterocycles. The summed E-state index contributed by atoms with van der Waals surface area (Å²) in [7, 11) is 1.20. The standard InChI is InChI=1S/C36H48ClNO7/c1-6-30(34(40)45-21-23(3)4)36(42,35(41)43-5)27-13-16-33-31(19-27)38(20-25-12-15-29(25)32(39)7-2)17-9-8-10-24-18-28(37)14-11-26(24)22-44-33/h7,11,13-14,16,18-19,23,25,29-30,32,39,42H,2,6,8-10,12,15,17,20-22H2,1,3-5H3/t25-,29+,30-,32-,36+/m0/s1. The van der Waals surface area contributed by atoms with Gasteiger partial charge in [-0.25, -0.2) is 4.79 Å². The van der Waals surface area contributed by atoms with Crippen LogP contribution in [0.5, 0.6) is 5.75 Å². The number of hydrogen-bond donors (Lipinski definition) is 2. The Balaban J connectivity index is 1.79. The van der Waals surface area contributed by atoms with Gasteiger partial charge in [-0.3, -0.25) is 4.79 Å². The lowest BCUT2D eigenvalue weighted by molar-refractivity contribution is -0.182. The molecule has 2 aromatic rings. The van der Waals surface area contributed by atoms with E-state index in [0.717, 1.165) is 43.2 Å². The third kappa shape index (κ3) is 7.84. The first-order valence-corrected chi connectivity index (χ1v) is 16.5. The fourth-order valence-electron chi connectivity index (χ4n) is 6.50. The number of methoxy groups -OCH3 is 1. The number of fused-ring (bicyclic) bond motifs is 2. The summed E-state index contributed by atoms with van der Waals surface area (Å²) in [5.41, 5.74) is 0.838. The zero-order valence-corrected chi connectivity index (χ0v) is 27.7. The minimum Gasteiger partial charge on any atom is -0.487 e. The first-order valence-electron chi connectivity index (χ1n) is 16.1. The van der Waals surface area contributed by atoms with Gasteiger partial charge >= 0.3 is 11.9 Å². The average Bonchev–Trinajstić information content (AvgIpc) is 3.04. The zero-order valence-electron chi connectivity index (χ0n) is 27.0. The quantitative estimate of drug-likeness (QED) is 0.220. The highest BCUT2D eigenvalue weighted by molar-refractivity contribution is 6.30. The van der Waals surface area contributed by atoms with Gasteiger partial charge in [-0.1, -0.05) is 50.6 Å². The second-order valence-electron chi connectivity index (χ2n) is 12.8. The van der Waals surface area contributed by atoms with Gasteiger partial charge in [0.25, 0.3) is 0 Å². The van der Waals surface area contributed by atoms with E-state index in [1.165, 1.54) is 7.11 Å². The molecule has 5 atom stereocenters. The molecule has 0 saturated heterocycles. The van der Waals surface area contributed by atoms with E-state index in [9.17, 15) is 19.8 Å². The molecule has 0 bridgehead atoms. The van der Waals surface area contributed by atoms with Crippen LogP contribution in [0.4, 0.5) is 5.69 Å². The lowest BCUT2D eigenvalue weighted by Crippen LogP contribution is -2.48. The SMILES string of the molecule is C=C[C@H](O)[C@@H]1CC[C@H]1CN1CCCCc2cc(Cl)ccc2COc2ccc([C@](O)(C(=O)OC)[C@@H](CC)C(=O)OCC(C)C)cc21. The van der Waals surface area contributed by atoms with Crippen molar-refractivity contribution in [1.29, 1.82) is 0 Å². The van der Waals surface area contributed by atoms with Crippen molar-refractivity contribution in [2.24, 2.45) is 23.7 Å². The van der Waals surface area contributed by atoms with E-state index < -0.39 is 29.6 Å². The Kier molecular flexibility index (Phi) is 12.0. The van der Waals surface area contributed by atoms with Gasteiger partial charge < -0.3 is 29.3 Å². The minimum atomic E-state index is -2.29. The number of carbonyl (C=O) groups excluding carboxylic acids is 2. The zero-order chi connectivity index (χ0) is 32.7. The number of carbonyl (C=O) groups is 2. The summed E-state index contributed by atoms with van der Waals surface area (Å²) >= 11 is 6.33. The first-order chi connectivity index (χ1) is 21.5. The van der Waals surface area contributed by atoms with Gasteiger partial charge in [0, 0.05) is 18.1 Å². The van der Waals surface area contributed by atoms with E-state index in [2.05, 4.69) is 11.5 Å². The second kappa shape index (κ2) is 15.5. The summed E-state index contributed by atoms with van der Waals surface area (Å²) in [4.78, 5) is 28.9. The predicted octanol–water partition coefficient (Wildman–Crippen LogP) is 6.22. The number of aryl methyl sites for hydroxylation is 1. The number of ether oxygens (including phenoxy) is 3. The third-order valence-electron chi connectivity index (χ3n) is 9.28. The molecule has 2 aromatic carbocycles. The van der Waals surface area contributed by atoms with Crippen LogP contribution in [0.3, 0.4) is 0 Å². The van der Waals surface area contributed by atoms with Gasteiger partial charge in [0.1, 0.15) is 18.3 Å². The van der Waals surface area contributed by atoms with Crippen molar-refractivity contribution in [2.45, 2.75) is 77.6 Å². The van der Waals surface area contributed by atoms with Gasteiger partial charge in [-0.15, -0.1) is 6.58 Å². The molecule has 0 spiro atoms. The molecule has 1 aliphatic carbocycles. The molecule has 2 aliphatic rings. The van der Waals surface area contributed by atoms with Gasteiger partial charge in [-0.2, -0.15) is 0 Å². The molecule has 0 amide bonds. The van der Waals surface area contributed by atoms with Crippen molar-refractivity contribution in [1.82, 2.24) is 0 Å². The molecular formula is C36H48ClNO7. The predicted molar refractivity (Wildman–Crippen MR) is 175 cm³/mol. The van der Waals surface area contributed by atoms with Crippen molar-refractivity contribution in [3.05, 3.63) is 70.8 Å². The third-order valence-corrected chi connectivity index (χ3v) is 9.51. The van der Waals surface area contributed by atoms with Crippen LogP contribution >= 0.6 is 11.6 Å². The van der Waals surface area contributed by atoms with Crippen LogP contribution in [0.15, 0.2) is 49.1 Å². The molecule has 1 heterocycles. The van der Waals surface area contributed by atoms with Crippen molar-refractivity contribution in [2.75, 3.05) is 31.7 Å². The number of aliphatic hydroxyl groups is 2. The summed E-state index contributed by atoms with van der Waals surface area (Å²) in [6, 6.07) is 11.0. The van der Waals surface area contributed by atoms with Crippen molar-refractivity contribution < 1.29 is 34.0 Å². The Labute approximate surface area is 272 Å². The minimum absolute atomic E-state index is 0.0907. The number of benzene rings is 2. The van der Waals surface area contributed by atoms with E-state index in [0.29, 0.717) is 36.2 Å². The Morgan fingerprint density at radius 1 is 1.18 bits per heavy atom. The molecule has 45 heavy (non-hydrogen) atoms. The first kappa shape index (κ1) is 34.8. The summed E-state index contributed by atoms with van der Waals surface area (Å²) in [5.74, 6) is -1.77. The van der Waals surface area contributed by atoms with Gasteiger partial charge in [0.2, 0.25) is 5.60 Å². The number of halogens is 1. The van der Waals surface area contributed by atoms with Crippen molar-refractivity contribution in [3.63, 3.8) is 0 Å². The Bertz CT molecular complexity index is 1350. The Morgan fingerprint density at radius 3 is 2.60 bits per heavy atom. The highest BCUT2D eigenvalue weighted by atomic mass is 35.5. The van der Waals surface area contributed by atoms with Gasteiger partial charge in [-0.05, 0) is 97.2 Å². The summed E-state index contributed by atoms with van der Waals surface area (Å²) in [6.45, 7) is 11.2. The molecule has 2 N–H and O–H groups in total. The molecular weight excluding hydrogens is 594 g/mol. The number of anilines is 1. The number of esters is 2. The summed E-state index contributed by atoms with van der Waals surface area (Å²) < 4.78 is 17.1. The number of hydrogen-bond acceptors (Lipinski definition) is 8. The van der Waals surface area contributed by atoms with E-state index in [4.69, 9.17) is 25.8 Å². The summed E-state index contributed by atoms with van der Waals surface area (Å²) in [5, 5.41) is 23.4. The maximum Gasteiger partial charge on any atom is 0.343 e. The molecule has 0 aromatic heterocycles. The maximum atomic E-state index is 13.4. The molecule has 0 unspecified atom stereocenters. The Hall–Kier alpha value is -3.07. The lowest BCUT2D eigenvalue weighted by atomic mass is 9.70. The largest absolute Gasteiger partial charge is 0.487 e. The van der Waals surface area contributed by atoms with Crippen molar-refractivity contribution >= 4 is 29.2 Å². The molecule has 1 saturated carbocycles. The van der Waals surface area contributed by atoms with Crippen LogP contribution in [0, 0.1) is 23.7 Å². The van der Waals surface area contributed by atoms with Crippen LogP contribution in [-0.4, -0.2) is 55.1 Å². The monoisotopic (exact) mass is 641 g/mol. The maximum absolute atomic E-state index is 13.4. The molecule has 1 fully saturated rings. The highest BCUT2D eigenvalue weighted by Gasteiger charge is 2.51. The van der Waals surface area contributed by atoms with Crippen LogP contribution in [0.25, 0.3) is 0 Å². The van der Waals surface area contributed by atoms with Crippen molar-refractivity contribution in [3.8, 4) is 5.75 Å². The van der Waals surface area contributed by atoms with Crippen LogP contribution in [-0.2, 0) is 37.7 Å². The van der Waals surface area contributed by atoms with Gasteiger partial charge in [0.15, 0.2) is 0 Å². The topological polar surface area (TPSA) is 106 Å². The van der Waals surface area contributed by atoms with E-state index >= 15 is 0 Å². The lowest BCUT2D eigenvalue weighted by Gasteiger charge is -2.43. The molecule has 8 nitrogen and oxygen atoms in total. The summed E-state index contributed by atoms with van der Waals surface area (Å²) in [6.07, 6.45) is 5.71. The number of nitrogens with zero attached hydrogens (tertiary/aromatic N) is 1. The fourth-order valence-corrected chi connectivity index (χ4v) is 6.70. The number of aliphatic hydroxyl groups excluding tert-OH is 1.